The van der Waals surface area contributed by atoms with Crippen molar-refractivity contribution in [3.8, 4) is 0 Å². The fourth-order valence-electron chi connectivity index (χ4n) is 5.69. The van der Waals surface area contributed by atoms with Gasteiger partial charge >= 0.3 is 0 Å². The monoisotopic (exact) mass is 438 g/mol. The van der Waals surface area contributed by atoms with Gasteiger partial charge in [-0.1, -0.05) is 31.0 Å². The molecule has 2 aromatic carbocycles. The Kier molecular flexibility index (Phi) is 5.51. The zero-order chi connectivity index (χ0) is 21.4. The second-order valence-corrected chi connectivity index (χ2v) is 10.9. The number of carbonyl (C=O) groups excluding carboxylic acids is 1. The number of piperidine rings is 1. The van der Waals surface area contributed by atoms with Crippen LogP contribution in [0.25, 0.3) is 0 Å². The lowest BCUT2D eigenvalue weighted by Gasteiger charge is -2.44. The average molecular weight is 439 g/mol. The number of amides is 1. The number of benzene rings is 2. The summed E-state index contributed by atoms with van der Waals surface area (Å²) in [5.41, 5.74) is 2.42. The van der Waals surface area contributed by atoms with Crippen LogP contribution in [0, 0.1) is 5.92 Å². The Hall–Kier alpha value is -2.34. The molecule has 2 fully saturated rings. The number of nitrogens with zero attached hydrogens (tertiary/aromatic N) is 2. The summed E-state index contributed by atoms with van der Waals surface area (Å²) in [6, 6.07) is 14.6. The van der Waals surface area contributed by atoms with Crippen LogP contribution in [-0.4, -0.2) is 38.4 Å². The van der Waals surface area contributed by atoms with Gasteiger partial charge in [0.1, 0.15) is 0 Å². The molecule has 1 amide bonds. The van der Waals surface area contributed by atoms with E-state index in [0.29, 0.717) is 24.1 Å². The quantitative estimate of drug-likeness (QED) is 0.702. The first kappa shape index (κ1) is 20.6. The smallest absolute Gasteiger partial charge is 0.264 e. The molecule has 6 heteroatoms. The Labute approximate surface area is 185 Å². The molecule has 0 bridgehead atoms. The second kappa shape index (κ2) is 8.30. The van der Waals surface area contributed by atoms with Crippen LogP contribution in [0.5, 0.6) is 0 Å². The van der Waals surface area contributed by atoms with E-state index in [1.54, 1.807) is 24.3 Å². The Bertz CT molecular complexity index is 1060. The molecule has 0 N–H and O–H groups in total. The minimum Gasteiger partial charge on any atom is -0.335 e. The number of hydrogen-bond donors (Lipinski definition) is 0. The number of hydrogen-bond acceptors (Lipinski definition) is 3. The van der Waals surface area contributed by atoms with Gasteiger partial charge in [0.05, 0.1) is 10.6 Å². The maximum atomic E-state index is 13.4. The molecular weight excluding hydrogens is 408 g/mol. The van der Waals surface area contributed by atoms with Crippen LogP contribution in [0.3, 0.4) is 0 Å². The number of fused-ring (bicyclic) bond motifs is 2. The predicted octanol–water partition coefficient (Wildman–Crippen LogP) is 4.62. The highest BCUT2D eigenvalue weighted by atomic mass is 32.2. The highest BCUT2D eigenvalue weighted by molar-refractivity contribution is 7.92. The van der Waals surface area contributed by atoms with Crippen molar-refractivity contribution in [3.63, 3.8) is 0 Å². The number of likely N-dealkylation sites (tertiary alicyclic amines) is 1. The van der Waals surface area contributed by atoms with Gasteiger partial charge in [-0.05, 0) is 80.3 Å². The number of carbonyl (C=O) groups is 1. The molecule has 0 radical (unpaired) electrons. The molecule has 2 atom stereocenters. The number of rotatable bonds is 3. The van der Waals surface area contributed by atoms with Crippen molar-refractivity contribution in [1.82, 2.24) is 4.90 Å². The normalized spacial score (nSPS) is 23.7. The van der Waals surface area contributed by atoms with Crippen LogP contribution in [0.1, 0.15) is 60.9 Å². The van der Waals surface area contributed by atoms with Gasteiger partial charge in [0.2, 0.25) is 0 Å². The molecule has 5 rings (SSSR count). The lowest BCUT2D eigenvalue weighted by atomic mass is 9.78. The zero-order valence-corrected chi connectivity index (χ0v) is 18.7. The van der Waals surface area contributed by atoms with E-state index in [4.69, 9.17) is 0 Å². The van der Waals surface area contributed by atoms with E-state index in [1.165, 1.54) is 30.0 Å². The van der Waals surface area contributed by atoms with E-state index < -0.39 is 10.0 Å². The van der Waals surface area contributed by atoms with Crippen molar-refractivity contribution in [2.24, 2.45) is 5.92 Å². The Morgan fingerprint density at radius 3 is 2.42 bits per heavy atom. The maximum Gasteiger partial charge on any atom is 0.264 e. The molecule has 31 heavy (non-hydrogen) atoms. The topological polar surface area (TPSA) is 57.7 Å². The largest absolute Gasteiger partial charge is 0.335 e. The first-order chi connectivity index (χ1) is 15.1. The Morgan fingerprint density at radius 1 is 0.839 bits per heavy atom. The predicted molar refractivity (Wildman–Crippen MR) is 122 cm³/mol. The van der Waals surface area contributed by atoms with E-state index in [-0.39, 0.29) is 10.8 Å². The fourth-order valence-corrected chi connectivity index (χ4v) is 7.23. The molecule has 2 unspecified atom stereocenters. The van der Waals surface area contributed by atoms with E-state index in [2.05, 4.69) is 4.90 Å². The summed E-state index contributed by atoms with van der Waals surface area (Å²) in [5.74, 6) is 0.675. The van der Waals surface area contributed by atoms with Gasteiger partial charge in [-0.25, -0.2) is 8.42 Å². The van der Waals surface area contributed by atoms with Gasteiger partial charge in [-0.2, -0.15) is 0 Å². The zero-order valence-electron chi connectivity index (χ0n) is 17.9. The number of para-hydroxylation sites is 1. The third-order valence-corrected chi connectivity index (χ3v) is 9.09. The van der Waals surface area contributed by atoms with Crippen LogP contribution >= 0.6 is 0 Å². The fraction of sp³-hybridized carbons (Fsp3) is 0.480. The Morgan fingerprint density at radius 2 is 1.58 bits per heavy atom. The van der Waals surface area contributed by atoms with Crippen LogP contribution in [0.2, 0.25) is 0 Å². The third kappa shape index (κ3) is 3.75. The van der Waals surface area contributed by atoms with E-state index in [0.717, 1.165) is 43.5 Å². The van der Waals surface area contributed by atoms with E-state index >= 15 is 0 Å². The number of anilines is 1. The molecule has 2 aliphatic heterocycles. The van der Waals surface area contributed by atoms with Crippen LogP contribution < -0.4 is 4.31 Å². The van der Waals surface area contributed by atoms with Gasteiger partial charge in [-0.15, -0.1) is 0 Å². The molecule has 1 saturated heterocycles. The van der Waals surface area contributed by atoms with E-state index in [1.807, 2.05) is 24.3 Å². The summed E-state index contributed by atoms with van der Waals surface area (Å²) >= 11 is 0. The van der Waals surface area contributed by atoms with Crippen molar-refractivity contribution < 1.29 is 13.2 Å². The van der Waals surface area contributed by atoms with Crippen molar-refractivity contribution in [2.45, 2.75) is 62.3 Å². The van der Waals surface area contributed by atoms with Gasteiger partial charge < -0.3 is 4.90 Å². The first-order valence-corrected chi connectivity index (χ1v) is 13.0. The van der Waals surface area contributed by atoms with Crippen molar-refractivity contribution >= 4 is 21.6 Å². The third-order valence-electron chi connectivity index (χ3n) is 7.26. The minimum atomic E-state index is -3.65. The van der Waals surface area contributed by atoms with Crippen molar-refractivity contribution in [2.75, 3.05) is 17.4 Å². The molecule has 164 valence electrons. The lowest BCUT2D eigenvalue weighted by molar-refractivity contribution is 0.0390. The summed E-state index contributed by atoms with van der Waals surface area (Å²) in [4.78, 5) is 15.5. The minimum absolute atomic E-state index is 0.0452. The van der Waals surface area contributed by atoms with Crippen LogP contribution in [0.15, 0.2) is 53.4 Å². The van der Waals surface area contributed by atoms with Gasteiger partial charge in [0.15, 0.2) is 0 Å². The molecule has 0 aromatic heterocycles. The molecule has 0 spiro atoms. The number of sulfonamides is 1. The lowest BCUT2D eigenvalue weighted by Crippen LogP contribution is -2.49. The summed E-state index contributed by atoms with van der Waals surface area (Å²) in [6.45, 7) is 1.29. The standard InChI is InChI=1S/C25H30N2O3S/c28-25(26-17-5-9-19-7-1-3-11-23(19)26)21-13-15-22(16-14-21)31(29,30)27-18-6-10-20-8-2-4-12-24(20)27/h2,4,8,12-16,19,23H,1,3,5-7,9-11,17-18H2. The van der Waals surface area contributed by atoms with Crippen molar-refractivity contribution in [3.05, 3.63) is 59.7 Å². The molecule has 1 saturated carbocycles. The number of aryl methyl sites for hydroxylation is 1. The summed E-state index contributed by atoms with van der Waals surface area (Å²) in [5, 5.41) is 0. The first-order valence-electron chi connectivity index (χ1n) is 11.6. The highest BCUT2D eigenvalue weighted by Gasteiger charge is 2.36. The Balaban J connectivity index is 1.38. The van der Waals surface area contributed by atoms with Crippen LogP contribution in [0.4, 0.5) is 5.69 Å². The maximum absolute atomic E-state index is 13.4. The van der Waals surface area contributed by atoms with Crippen LogP contribution in [-0.2, 0) is 16.4 Å². The van der Waals surface area contributed by atoms with E-state index in [9.17, 15) is 13.2 Å². The van der Waals surface area contributed by atoms with Gasteiger partial charge in [-0.3, -0.25) is 9.10 Å². The molecule has 2 aromatic rings. The molecule has 1 aliphatic carbocycles. The highest BCUT2D eigenvalue weighted by Crippen LogP contribution is 2.36. The average Bonchev–Trinajstić information content (AvgIpc) is 2.83. The van der Waals surface area contributed by atoms with Gasteiger partial charge in [0, 0.05) is 24.7 Å². The second-order valence-electron chi connectivity index (χ2n) is 9.09. The summed E-state index contributed by atoms with van der Waals surface area (Å²) in [6.07, 6.45) is 8.78. The molecule has 3 aliphatic rings. The summed E-state index contributed by atoms with van der Waals surface area (Å²) < 4.78 is 28.2. The molecule has 5 nitrogen and oxygen atoms in total. The van der Waals surface area contributed by atoms with Crippen molar-refractivity contribution in [1.29, 1.82) is 0 Å². The molecular formula is C25H30N2O3S. The summed E-state index contributed by atoms with van der Waals surface area (Å²) in [7, 11) is -3.65. The van der Waals surface area contributed by atoms with Gasteiger partial charge in [0.25, 0.3) is 15.9 Å². The SMILES string of the molecule is O=C(c1ccc(S(=O)(=O)N2CCCc3ccccc32)cc1)N1CCCC2CCCCC21. The molecule has 2 heterocycles.